The first-order valence-electron chi connectivity index (χ1n) is 8.49. The van der Waals surface area contributed by atoms with E-state index in [1.807, 2.05) is 79.7 Å². The van der Waals surface area contributed by atoms with Crippen molar-refractivity contribution in [3.8, 4) is 0 Å². The van der Waals surface area contributed by atoms with Gasteiger partial charge in [0.2, 0.25) is 5.96 Å². The highest BCUT2D eigenvalue weighted by Gasteiger charge is 2.09. The van der Waals surface area contributed by atoms with Crippen LogP contribution in [0.3, 0.4) is 0 Å². The number of carbonyl (C=O) groups excluding carboxylic acids is 1. The molecule has 0 saturated heterocycles. The zero-order valence-corrected chi connectivity index (χ0v) is 14.6. The highest BCUT2D eigenvalue weighted by molar-refractivity contribution is 6.09. The number of anilines is 1. The lowest BCUT2D eigenvalue weighted by Gasteiger charge is -2.12. The van der Waals surface area contributed by atoms with Crippen LogP contribution in [-0.4, -0.2) is 11.9 Å². The second kappa shape index (κ2) is 8.62. The van der Waals surface area contributed by atoms with Gasteiger partial charge in [0, 0.05) is 11.3 Å². The average molecular weight is 343 g/mol. The molecule has 0 aliphatic rings. The van der Waals surface area contributed by atoms with Gasteiger partial charge in [0.1, 0.15) is 0 Å². The summed E-state index contributed by atoms with van der Waals surface area (Å²) < 4.78 is 0. The molecule has 3 rings (SSSR count). The first-order chi connectivity index (χ1) is 12.7. The van der Waals surface area contributed by atoms with Gasteiger partial charge in [-0.2, -0.15) is 0 Å². The summed E-state index contributed by atoms with van der Waals surface area (Å²) in [5.41, 5.74) is 3.71. The molecule has 4 heteroatoms. The Balaban J connectivity index is 1.78. The van der Waals surface area contributed by atoms with E-state index in [4.69, 9.17) is 0 Å². The Kier molecular flexibility index (Phi) is 5.78. The van der Waals surface area contributed by atoms with Crippen LogP contribution in [0, 0.1) is 6.92 Å². The molecule has 0 radical (unpaired) electrons. The lowest BCUT2D eigenvalue weighted by molar-refractivity contribution is 0.0977. The third-order valence-electron chi connectivity index (χ3n) is 3.84. The van der Waals surface area contributed by atoms with Gasteiger partial charge in [-0.1, -0.05) is 66.2 Å². The summed E-state index contributed by atoms with van der Waals surface area (Å²) in [6.07, 6.45) is 0. The van der Waals surface area contributed by atoms with Crippen LogP contribution in [0.5, 0.6) is 0 Å². The first kappa shape index (κ1) is 17.4. The third-order valence-corrected chi connectivity index (χ3v) is 3.84. The van der Waals surface area contributed by atoms with Crippen molar-refractivity contribution < 1.29 is 4.79 Å². The molecule has 0 atom stereocenters. The maximum absolute atomic E-state index is 12.5. The largest absolute Gasteiger partial charge is 0.326 e. The van der Waals surface area contributed by atoms with Gasteiger partial charge in [-0.3, -0.25) is 10.1 Å². The number of nitrogens with zero attached hydrogens (tertiary/aromatic N) is 1. The zero-order valence-electron chi connectivity index (χ0n) is 14.6. The Morgan fingerprint density at radius 1 is 0.846 bits per heavy atom. The van der Waals surface area contributed by atoms with Crippen LogP contribution in [0.25, 0.3) is 0 Å². The van der Waals surface area contributed by atoms with Gasteiger partial charge in [0.25, 0.3) is 5.91 Å². The summed E-state index contributed by atoms with van der Waals surface area (Å²) in [4.78, 5) is 17.0. The summed E-state index contributed by atoms with van der Waals surface area (Å²) in [7, 11) is 0. The number of aryl methyl sites for hydroxylation is 1. The molecule has 0 aliphatic heterocycles. The van der Waals surface area contributed by atoms with Crippen molar-refractivity contribution in [1.82, 2.24) is 5.32 Å². The second-order valence-corrected chi connectivity index (χ2v) is 5.96. The van der Waals surface area contributed by atoms with E-state index in [-0.39, 0.29) is 5.91 Å². The molecule has 0 fully saturated rings. The molecular weight excluding hydrogens is 322 g/mol. The predicted molar refractivity (Wildman–Crippen MR) is 106 cm³/mol. The van der Waals surface area contributed by atoms with E-state index in [1.54, 1.807) is 12.1 Å². The number of guanidine groups is 1. The van der Waals surface area contributed by atoms with Gasteiger partial charge in [-0.05, 0) is 36.8 Å². The molecule has 26 heavy (non-hydrogen) atoms. The third kappa shape index (κ3) is 5.05. The topological polar surface area (TPSA) is 53.5 Å². The fourth-order valence-corrected chi connectivity index (χ4v) is 2.41. The molecule has 130 valence electrons. The molecule has 4 nitrogen and oxygen atoms in total. The van der Waals surface area contributed by atoms with E-state index in [2.05, 4.69) is 15.6 Å². The molecular formula is C22H21N3O. The van der Waals surface area contributed by atoms with Gasteiger partial charge >= 0.3 is 0 Å². The molecule has 0 aromatic heterocycles. The maximum atomic E-state index is 12.5. The normalized spacial score (nSPS) is 11.0. The Morgan fingerprint density at radius 3 is 2.12 bits per heavy atom. The standard InChI is InChI=1S/C22H21N3O/c1-17-12-14-20(15-13-17)24-22(23-16-18-8-4-2-5-9-18)25-21(26)19-10-6-3-7-11-19/h2-15H,16H2,1H3,(H2,23,24,25,26). The van der Waals surface area contributed by atoms with E-state index >= 15 is 0 Å². The zero-order chi connectivity index (χ0) is 18.2. The number of benzene rings is 3. The summed E-state index contributed by atoms with van der Waals surface area (Å²) in [5.74, 6) is 0.226. The molecule has 1 amide bonds. The maximum Gasteiger partial charge on any atom is 0.257 e. The molecule has 0 spiro atoms. The van der Waals surface area contributed by atoms with Crippen LogP contribution < -0.4 is 10.6 Å². The molecule has 3 aromatic rings. The monoisotopic (exact) mass is 343 g/mol. The van der Waals surface area contributed by atoms with E-state index in [0.29, 0.717) is 18.1 Å². The van der Waals surface area contributed by atoms with Gasteiger partial charge in [0.15, 0.2) is 0 Å². The van der Waals surface area contributed by atoms with Crippen LogP contribution in [0.15, 0.2) is 89.9 Å². The Bertz CT molecular complexity index is 872. The number of aliphatic imine (C=N–C) groups is 1. The fourth-order valence-electron chi connectivity index (χ4n) is 2.41. The van der Waals surface area contributed by atoms with Crippen molar-refractivity contribution in [3.63, 3.8) is 0 Å². The SMILES string of the molecule is Cc1ccc(NC(=NCc2ccccc2)NC(=O)c2ccccc2)cc1. The number of rotatable bonds is 4. The molecule has 0 saturated carbocycles. The summed E-state index contributed by atoms with van der Waals surface area (Å²) in [6.45, 7) is 2.51. The van der Waals surface area contributed by atoms with E-state index in [9.17, 15) is 4.79 Å². The minimum atomic E-state index is -0.197. The Labute approximate surface area is 153 Å². The fraction of sp³-hybridized carbons (Fsp3) is 0.0909. The van der Waals surface area contributed by atoms with Crippen molar-refractivity contribution in [2.75, 3.05) is 5.32 Å². The van der Waals surface area contributed by atoms with Crippen molar-refractivity contribution in [1.29, 1.82) is 0 Å². The van der Waals surface area contributed by atoms with Crippen LogP contribution in [0.4, 0.5) is 5.69 Å². The summed E-state index contributed by atoms with van der Waals surface area (Å²) in [6, 6.07) is 27.0. The van der Waals surface area contributed by atoms with Crippen LogP contribution >= 0.6 is 0 Å². The minimum Gasteiger partial charge on any atom is -0.326 e. The number of carbonyl (C=O) groups is 1. The number of hydrogen-bond donors (Lipinski definition) is 2. The average Bonchev–Trinajstić information content (AvgIpc) is 2.69. The van der Waals surface area contributed by atoms with E-state index in [1.165, 1.54) is 5.56 Å². The number of amides is 1. The number of nitrogens with one attached hydrogen (secondary N) is 2. The lowest BCUT2D eigenvalue weighted by Crippen LogP contribution is -2.36. The molecule has 0 bridgehead atoms. The molecule has 0 aliphatic carbocycles. The van der Waals surface area contributed by atoms with Gasteiger partial charge < -0.3 is 5.32 Å². The quantitative estimate of drug-likeness (QED) is 0.545. The van der Waals surface area contributed by atoms with Gasteiger partial charge in [-0.25, -0.2) is 4.99 Å². The van der Waals surface area contributed by atoms with Gasteiger partial charge in [0.05, 0.1) is 6.54 Å². The summed E-state index contributed by atoms with van der Waals surface area (Å²) >= 11 is 0. The molecule has 0 unspecified atom stereocenters. The van der Waals surface area contributed by atoms with Crippen molar-refractivity contribution >= 4 is 17.6 Å². The lowest BCUT2D eigenvalue weighted by atomic mass is 10.2. The Hall–Kier alpha value is -3.40. The predicted octanol–water partition coefficient (Wildman–Crippen LogP) is 4.39. The smallest absolute Gasteiger partial charge is 0.257 e. The highest BCUT2D eigenvalue weighted by atomic mass is 16.1. The molecule has 2 N–H and O–H groups in total. The first-order valence-corrected chi connectivity index (χ1v) is 8.49. The van der Waals surface area contributed by atoms with Crippen LogP contribution in [0.2, 0.25) is 0 Å². The highest BCUT2D eigenvalue weighted by Crippen LogP contribution is 2.09. The van der Waals surface area contributed by atoms with Crippen LogP contribution in [0.1, 0.15) is 21.5 Å². The van der Waals surface area contributed by atoms with Crippen LogP contribution in [-0.2, 0) is 6.54 Å². The second-order valence-electron chi connectivity index (χ2n) is 5.96. The minimum absolute atomic E-state index is 0.197. The van der Waals surface area contributed by atoms with Gasteiger partial charge in [-0.15, -0.1) is 0 Å². The van der Waals surface area contributed by atoms with Crippen molar-refractivity contribution in [2.24, 2.45) is 4.99 Å². The number of hydrogen-bond acceptors (Lipinski definition) is 2. The molecule has 0 heterocycles. The molecule has 3 aromatic carbocycles. The van der Waals surface area contributed by atoms with Crippen molar-refractivity contribution in [3.05, 3.63) is 102 Å². The van der Waals surface area contributed by atoms with E-state index < -0.39 is 0 Å². The Morgan fingerprint density at radius 2 is 1.46 bits per heavy atom. The van der Waals surface area contributed by atoms with E-state index in [0.717, 1.165) is 11.3 Å². The van der Waals surface area contributed by atoms with Crippen molar-refractivity contribution in [2.45, 2.75) is 13.5 Å². The summed E-state index contributed by atoms with van der Waals surface area (Å²) in [5, 5.41) is 6.06.